The lowest BCUT2D eigenvalue weighted by Gasteiger charge is -2.06. The van der Waals surface area contributed by atoms with E-state index in [-0.39, 0.29) is 5.91 Å². The first kappa shape index (κ1) is 14.3. The summed E-state index contributed by atoms with van der Waals surface area (Å²) in [6.45, 7) is 0. The van der Waals surface area contributed by atoms with Crippen LogP contribution in [0.25, 0.3) is 11.1 Å². The number of hydrogen-bond acceptors (Lipinski definition) is 2. The van der Waals surface area contributed by atoms with Gasteiger partial charge in [-0.3, -0.25) is 4.79 Å². The first-order valence-electron chi connectivity index (χ1n) is 6.81. The highest BCUT2D eigenvalue weighted by atomic mass is 35.5. The molecule has 0 saturated carbocycles. The van der Waals surface area contributed by atoms with Gasteiger partial charge in [-0.25, -0.2) is 4.98 Å². The Bertz CT molecular complexity index is 768. The second-order valence-electron chi connectivity index (χ2n) is 4.76. The van der Waals surface area contributed by atoms with Gasteiger partial charge in [0.2, 0.25) is 0 Å². The van der Waals surface area contributed by atoms with Crippen LogP contribution in [0.2, 0.25) is 5.02 Å². The van der Waals surface area contributed by atoms with Crippen LogP contribution in [0.4, 0.5) is 5.82 Å². The maximum Gasteiger partial charge on any atom is 0.256 e. The van der Waals surface area contributed by atoms with E-state index in [0.29, 0.717) is 16.4 Å². The molecular weight excluding hydrogens is 296 g/mol. The third-order valence-corrected chi connectivity index (χ3v) is 3.47. The van der Waals surface area contributed by atoms with E-state index >= 15 is 0 Å². The van der Waals surface area contributed by atoms with Crippen molar-refractivity contribution in [1.29, 1.82) is 0 Å². The molecule has 0 saturated heterocycles. The summed E-state index contributed by atoms with van der Waals surface area (Å²) in [6.07, 6.45) is 1.74. The van der Waals surface area contributed by atoms with Gasteiger partial charge in [0, 0.05) is 22.3 Å². The Labute approximate surface area is 133 Å². The molecule has 22 heavy (non-hydrogen) atoms. The van der Waals surface area contributed by atoms with Gasteiger partial charge in [0.1, 0.15) is 5.82 Å². The Balaban J connectivity index is 1.73. The summed E-state index contributed by atoms with van der Waals surface area (Å²) in [5, 5.41) is 3.36. The van der Waals surface area contributed by atoms with Crippen LogP contribution in [0, 0.1) is 0 Å². The Hall–Kier alpha value is -2.65. The highest BCUT2D eigenvalue weighted by molar-refractivity contribution is 6.30. The molecule has 2 aromatic carbocycles. The Morgan fingerprint density at radius 3 is 2.23 bits per heavy atom. The van der Waals surface area contributed by atoms with E-state index in [2.05, 4.69) is 10.3 Å². The van der Waals surface area contributed by atoms with E-state index in [1.165, 1.54) is 0 Å². The summed E-state index contributed by atoms with van der Waals surface area (Å²) in [4.78, 5) is 16.4. The molecule has 108 valence electrons. The molecule has 0 spiro atoms. The van der Waals surface area contributed by atoms with Crippen LogP contribution >= 0.6 is 11.6 Å². The van der Waals surface area contributed by atoms with Gasteiger partial charge in [0.25, 0.3) is 5.91 Å². The minimum Gasteiger partial charge on any atom is -0.307 e. The fourth-order valence-electron chi connectivity index (χ4n) is 2.06. The number of pyridine rings is 1. The smallest absolute Gasteiger partial charge is 0.256 e. The summed E-state index contributed by atoms with van der Waals surface area (Å²) in [7, 11) is 0. The highest BCUT2D eigenvalue weighted by Gasteiger charge is 2.06. The predicted octanol–water partition coefficient (Wildman–Crippen LogP) is 4.65. The molecule has 3 aromatic rings. The number of aromatic nitrogens is 1. The molecule has 0 bridgehead atoms. The fourth-order valence-corrected chi connectivity index (χ4v) is 2.18. The van der Waals surface area contributed by atoms with Crippen LogP contribution in [0.5, 0.6) is 0 Å². The molecule has 0 aliphatic rings. The molecule has 3 rings (SSSR count). The van der Waals surface area contributed by atoms with Crippen LogP contribution in [0.15, 0.2) is 72.9 Å². The first-order valence-corrected chi connectivity index (χ1v) is 7.18. The Morgan fingerprint density at radius 1 is 0.864 bits per heavy atom. The van der Waals surface area contributed by atoms with Gasteiger partial charge in [-0.1, -0.05) is 41.9 Å². The molecule has 1 heterocycles. The van der Waals surface area contributed by atoms with Gasteiger partial charge in [-0.2, -0.15) is 0 Å². The molecule has 0 fully saturated rings. The number of halogens is 1. The zero-order chi connectivity index (χ0) is 15.4. The van der Waals surface area contributed by atoms with Crippen molar-refractivity contribution in [3.05, 3.63) is 83.5 Å². The van der Waals surface area contributed by atoms with Crippen LogP contribution in [-0.2, 0) is 0 Å². The first-order chi connectivity index (χ1) is 10.7. The SMILES string of the molecule is O=C(Nc1ccc(-c2ccccc2)cn1)c1ccc(Cl)cc1. The fraction of sp³-hybridized carbons (Fsp3) is 0. The van der Waals surface area contributed by atoms with Gasteiger partial charge in [0.15, 0.2) is 0 Å². The summed E-state index contributed by atoms with van der Waals surface area (Å²) in [6, 6.07) is 20.4. The van der Waals surface area contributed by atoms with Crippen molar-refractivity contribution in [2.24, 2.45) is 0 Å². The number of rotatable bonds is 3. The predicted molar refractivity (Wildman–Crippen MR) is 89.1 cm³/mol. The summed E-state index contributed by atoms with van der Waals surface area (Å²) in [5.74, 6) is 0.302. The van der Waals surface area contributed by atoms with E-state index in [1.807, 2.05) is 36.4 Å². The van der Waals surface area contributed by atoms with Crippen LogP contribution < -0.4 is 5.32 Å². The van der Waals surface area contributed by atoms with Crippen LogP contribution in [-0.4, -0.2) is 10.9 Å². The number of hydrogen-bond donors (Lipinski definition) is 1. The number of benzene rings is 2. The van der Waals surface area contributed by atoms with Gasteiger partial charge in [-0.05, 0) is 42.0 Å². The summed E-state index contributed by atoms with van der Waals surface area (Å²) < 4.78 is 0. The largest absolute Gasteiger partial charge is 0.307 e. The van der Waals surface area contributed by atoms with E-state index in [0.717, 1.165) is 11.1 Å². The maximum atomic E-state index is 12.1. The number of nitrogens with zero attached hydrogens (tertiary/aromatic N) is 1. The van der Waals surface area contributed by atoms with Gasteiger partial charge < -0.3 is 5.32 Å². The van der Waals surface area contributed by atoms with E-state index < -0.39 is 0 Å². The lowest BCUT2D eigenvalue weighted by Crippen LogP contribution is -2.12. The molecule has 0 unspecified atom stereocenters. The van der Waals surface area contributed by atoms with E-state index in [1.54, 1.807) is 36.5 Å². The zero-order valence-electron chi connectivity index (χ0n) is 11.7. The number of carbonyl (C=O) groups is 1. The van der Waals surface area contributed by atoms with Crippen molar-refractivity contribution in [3.63, 3.8) is 0 Å². The van der Waals surface area contributed by atoms with E-state index in [4.69, 9.17) is 11.6 Å². The molecule has 3 nitrogen and oxygen atoms in total. The quantitative estimate of drug-likeness (QED) is 0.765. The average Bonchev–Trinajstić information content (AvgIpc) is 2.57. The molecule has 0 atom stereocenters. The molecule has 1 amide bonds. The van der Waals surface area contributed by atoms with Gasteiger partial charge >= 0.3 is 0 Å². The van der Waals surface area contributed by atoms with Crippen molar-refractivity contribution in [2.75, 3.05) is 5.32 Å². The average molecular weight is 309 g/mol. The van der Waals surface area contributed by atoms with Gasteiger partial charge in [-0.15, -0.1) is 0 Å². The van der Waals surface area contributed by atoms with Crippen molar-refractivity contribution >= 4 is 23.3 Å². The molecular formula is C18H13ClN2O. The normalized spacial score (nSPS) is 10.2. The second-order valence-corrected chi connectivity index (χ2v) is 5.20. The monoisotopic (exact) mass is 308 g/mol. The molecule has 4 heteroatoms. The standard InChI is InChI=1S/C18H13ClN2O/c19-16-9-6-14(7-10-16)18(22)21-17-11-8-15(12-20-17)13-4-2-1-3-5-13/h1-12H,(H,20,21,22). The number of anilines is 1. The third-order valence-electron chi connectivity index (χ3n) is 3.22. The van der Waals surface area contributed by atoms with Crippen molar-refractivity contribution in [1.82, 2.24) is 4.98 Å². The molecule has 0 radical (unpaired) electrons. The van der Waals surface area contributed by atoms with Crippen molar-refractivity contribution < 1.29 is 4.79 Å². The second kappa shape index (κ2) is 6.41. The number of carbonyl (C=O) groups excluding carboxylic acids is 1. The maximum absolute atomic E-state index is 12.1. The van der Waals surface area contributed by atoms with E-state index in [9.17, 15) is 4.79 Å². The van der Waals surface area contributed by atoms with Crippen molar-refractivity contribution in [3.8, 4) is 11.1 Å². The molecule has 0 aliphatic heterocycles. The molecule has 1 N–H and O–H groups in total. The van der Waals surface area contributed by atoms with Crippen molar-refractivity contribution in [2.45, 2.75) is 0 Å². The summed E-state index contributed by atoms with van der Waals surface area (Å²) >= 11 is 5.81. The lowest BCUT2D eigenvalue weighted by molar-refractivity contribution is 0.102. The minimum absolute atomic E-state index is 0.211. The summed E-state index contributed by atoms with van der Waals surface area (Å²) in [5.41, 5.74) is 2.63. The Morgan fingerprint density at radius 2 is 1.59 bits per heavy atom. The van der Waals surface area contributed by atoms with Crippen LogP contribution in [0.3, 0.4) is 0 Å². The topological polar surface area (TPSA) is 42.0 Å². The third kappa shape index (κ3) is 3.32. The Kier molecular flexibility index (Phi) is 4.17. The number of nitrogens with one attached hydrogen (secondary N) is 1. The number of amides is 1. The van der Waals surface area contributed by atoms with Crippen LogP contribution in [0.1, 0.15) is 10.4 Å². The lowest BCUT2D eigenvalue weighted by atomic mass is 10.1. The highest BCUT2D eigenvalue weighted by Crippen LogP contribution is 2.19. The molecule has 0 aliphatic carbocycles. The zero-order valence-corrected chi connectivity index (χ0v) is 12.4. The van der Waals surface area contributed by atoms with Gasteiger partial charge in [0.05, 0.1) is 0 Å². The minimum atomic E-state index is -0.211. The molecule has 1 aromatic heterocycles.